The van der Waals surface area contributed by atoms with Crippen molar-refractivity contribution in [1.29, 1.82) is 0 Å². The minimum Gasteiger partial charge on any atom is -0.466 e. The Morgan fingerprint density at radius 1 is 1.18 bits per heavy atom. The van der Waals surface area contributed by atoms with Crippen LogP contribution in [0.15, 0.2) is 58.8 Å². The Morgan fingerprint density at radius 2 is 1.88 bits per heavy atom. The number of ether oxygens (including phenoxy) is 3. The summed E-state index contributed by atoms with van der Waals surface area (Å²) in [5, 5.41) is 4.20. The van der Waals surface area contributed by atoms with E-state index in [-0.39, 0.29) is 29.6 Å². The van der Waals surface area contributed by atoms with Gasteiger partial charge in [0.2, 0.25) is 0 Å². The number of carbonyl (C=O) groups is 3. The Bertz CT molecular complexity index is 1170. The molecule has 2 aliphatic rings. The maximum Gasteiger partial charge on any atom is 0.357 e. The molecule has 0 radical (unpaired) electrons. The molecule has 40 heavy (non-hydrogen) atoms. The number of hydrogen-bond donors (Lipinski definition) is 0. The third-order valence-electron chi connectivity index (χ3n) is 8.25. The number of carbonyl (C=O) groups excluding carboxylic acids is 3. The number of nitrogens with zero attached hydrogens (tertiary/aromatic N) is 1. The van der Waals surface area contributed by atoms with E-state index in [0.29, 0.717) is 32.5 Å². The molecule has 3 rings (SSSR count). The zero-order valence-corrected chi connectivity index (χ0v) is 24.7. The molecule has 1 saturated heterocycles. The first-order chi connectivity index (χ1) is 18.9. The van der Waals surface area contributed by atoms with Crippen molar-refractivity contribution in [1.82, 2.24) is 0 Å². The first-order valence-corrected chi connectivity index (χ1v) is 14.1. The molecule has 0 unspecified atom stereocenters. The minimum atomic E-state index is -0.986. The summed E-state index contributed by atoms with van der Waals surface area (Å²) in [7, 11) is 0. The summed E-state index contributed by atoms with van der Waals surface area (Å²) in [5.41, 5.74) is 1.35. The molecule has 0 aromatic heterocycles. The lowest BCUT2D eigenvalue weighted by atomic mass is 9.58. The van der Waals surface area contributed by atoms with Crippen LogP contribution >= 0.6 is 0 Å². The van der Waals surface area contributed by atoms with Gasteiger partial charge in [0, 0.05) is 25.3 Å². The molecule has 0 spiro atoms. The molecule has 1 heterocycles. The standard InChI is InChI=1S/C32H43NO7/c1-8-9-18-38-33-26(19-25-15-11-10-12-16-25)30(36)39-28-27(21(2)14-13-17-37-24(5)34)22(3)20-31(6)32(28,7)23(4)29(35)40-31/h10-12,15-16,21,28H,4,8-9,13-14,17-20H2,1-3,5-7H3/b33-26+/t21-,28-,31+,32-/m0/s1. The van der Waals surface area contributed by atoms with Gasteiger partial charge in [-0.05, 0) is 57.1 Å². The second kappa shape index (κ2) is 13.3. The number of rotatable bonds is 13. The molecule has 8 heteroatoms. The molecule has 0 bridgehead atoms. The van der Waals surface area contributed by atoms with E-state index in [1.54, 1.807) is 0 Å². The van der Waals surface area contributed by atoms with Gasteiger partial charge in [0.15, 0.2) is 5.71 Å². The average molecular weight is 554 g/mol. The molecule has 1 aliphatic heterocycles. The zero-order valence-electron chi connectivity index (χ0n) is 24.7. The largest absolute Gasteiger partial charge is 0.466 e. The van der Waals surface area contributed by atoms with Gasteiger partial charge in [0.25, 0.3) is 0 Å². The van der Waals surface area contributed by atoms with Gasteiger partial charge in [-0.25, -0.2) is 9.59 Å². The average Bonchev–Trinajstić information content (AvgIpc) is 3.08. The van der Waals surface area contributed by atoms with Crippen molar-refractivity contribution in [3.05, 3.63) is 59.2 Å². The molecule has 1 aromatic rings. The van der Waals surface area contributed by atoms with Gasteiger partial charge in [-0.2, -0.15) is 0 Å². The predicted octanol–water partition coefficient (Wildman–Crippen LogP) is 5.89. The second-order valence-electron chi connectivity index (χ2n) is 11.3. The van der Waals surface area contributed by atoms with Gasteiger partial charge in [0.1, 0.15) is 18.3 Å². The maximum absolute atomic E-state index is 13.8. The topological polar surface area (TPSA) is 100 Å². The molecular formula is C32H43NO7. The minimum absolute atomic E-state index is 0.0199. The van der Waals surface area contributed by atoms with Gasteiger partial charge in [-0.1, -0.05) is 67.9 Å². The first-order valence-electron chi connectivity index (χ1n) is 14.1. The number of benzene rings is 1. The Kier molecular flexibility index (Phi) is 10.3. The van der Waals surface area contributed by atoms with Crippen LogP contribution in [0.1, 0.15) is 79.2 Å². The summed E-state index contributed by atoms with van der Waals surface area (Å²) in [6, 6.07) is 9.54. The van der Waals surface area contributed by atoms with Crippen LogP contribution in [0, 0.1) is 11.3 Å². The van der Waals surface area contributed by atoms with Crippen LogP contribution in [0.3, 0.4) is 0 Å². The SMILES string of the molecule is C=C1C(=O)O[C@]2(C)CC(C)=C([C@@H](C)CCCOC(C)=O)[C@H](OC(=O)/C(Cc3ccccc3)=N/OCCCC)[C@]12C. The number of hydrogen-bond acceptors (Lipinski definition) is 8. The molecule has 218 valence electrons. The summed E-state index contributed by atoms with van der Waals surface area (Å²) >= 11 is 0. The van der Waals surface area contributed by atoms with Gasteiger partial charge in [0.05, 0.1) is 12.0 Å². The Labute approximate surface area is 237 Å². The quantitative estimate of drug-likeness (QED) is 0.0571. The third-order valence-corrected chi connectivity index (χ3v) is 8.25. The fourth-order valence-corrected chi connectivity index (χ4v) is 5.76. The molecule has 0 saturated carbocycles. The number of unbranched alkanes of at least 4 members (excludes halogenated alkanes) is 1. The second-order valence-corrected chi connectivity index (χ2v) is 11.3. The smallest absolute Gasteiger partial charge is 0.357 e. The normalized spacial score (nSPS) is 25.2. The van der Waals surface area contributed by atoms with E-state index >= 15 is 0 Å². The van der Waals surface area contributed by atoms with E-state index in [1.165, 1.54) is 6.92 Å². The summed E-state index contributed by atoms with van der Waals surface area (Å²) in [6.07, 6.45) is 3.02. The molecule has 1 fully saturated rings. The monoisotopic (exact) mass is 553 g/mol. The number of esters is 3. The molecule has 4 atom stereocenters. The van der Waals surface area contributed by atoms with Crippen LogP contribution in [0.25, 0.3) is 0 Å². The van der Waals surface area contributed by atoms with Crippen LogP contribution in [-0.2, 0) is 39.9 Å². The third kappa shape index (κ3) is 6.65. The van der Waals surface area contributed by atoms with Crippen LogP contribution in [0.5, 0.6) is 0 Å². The lowest BCUT2D eigenvalue weighted by Crippen LogP contribution is -2.55. The first kappa shape index (κ1) is 31.1. The Balaban J connectivity index is 1.97. The van der Waals surface area contributed by atoms with Gasteiger partial charge >= 0.3 is 17.9 Å². The lowest BCUT2D eigenvalue weighted by molar-refractivity contribution is -0.161. The van der Waals surface area contributed by atoms with Crippen LogP contribution in [0.2, 0.25) is 0 Å². The van der Waals surface area contributed by atoms with E-state index < -0.39 is 29.1 Å². The Hall–Kier alpha value is -3.42. The van der Waals surface area contributed by atoms with E-state index in [4.69, 9.17) is 19.0 Å². The number of oxime groups is 1. The highest BCUT2D eigenvalue weighted by Gasteiger charge is 2.66. The van der Waals surface area contributed by atoms with E-state index in [0.717, 1.165) is 29.6 Å². The summed E-state index contributed by atoms with van der Waals surface area (Å²) in [6.45, 7) is 16.0. The van der Waals surface area contributed by atoms with E-state index in [2.05, 4.69) is 25.6 Å². The van der Waals surface area contributed by atoms with Gasteiger partial charge in [-0.3, -0.25) is 4.79 Å². The molecule has 0 amide bonds. The van der Waals surface area contributed by atoms with Gasteiger partial charge < -0.3 is 19.0 Å². The van der Waals surface area contributed by atoms with Crippen molar-refractivity contribution < 1.29 is 33.4 Å². The zero-order chi connectivity index (χ0) is 29.5. The molecule has 8 nitrogen and oxygen atoms in total. The van der Waals surface area contributed by atoms with E-state index in [9.17, 15) is 14.4 Å². The highest BCUT2D eigenvalue weighted by atomic mass is 16.6. The fourth-order valence-electron chi connectivity index (χ4n) is 5.76. The van der Waals surface area contributed by atoms with Crippen molar-refractivity contribution in [2.45, 2.75) is 91.8 Å². The summed E-state index contributed by atoms with van der Waals surface area (Å²) in [5.74, 6) is -1.43. The summed E-state index contributed by atoms with van der Waals surface area (Å²) in [4.78, 5) is 43.4. The van der Waals surface area contributed by atoms with Crippen molar-refractivity contribution in [2.24, 2.45) is 16.5 Å². The molecule has 1 aromatic carbocycles. The molecule has 0 N–H and O–H groups in total. The fraction of sp³-hybridized carbons (Fsp3) is 0.562. The highest BCUT2D eigenvalue weighted by molar-refractivity contribution is 6.36. The van der Waals surface area contributed by atoms with Crippen LogP contribution in [-0.4, -0.2) is 48.5 Å². The molecule has 1 aliphatic carbocycles. The van der Waals surface area contributed by atoms with Crippen molar-refractivity contribution in [2.75, 3.05) is 13.2 Å². The maximum atomic E-state index is 13.8. The number of fused-ring (bicyclic) bond motifs is 1. The van der Waals surface area contributed by atoms with Crippen molar-refractivity contribution in [3.8, 4) is 0 Å². The van der Waals surface area contributed by atoms with Crippen LogP contribution < -0.4 is 0 Å². The molecular weight excluding hydrogens is 510 g/mol. The Morgan fingerprint density at radius 3 is 2.52 bits per heavy atom. The van der Waals surface area contributed by atoms with Gasteiger partial charge in [-0.15, -0.1) is 0 Å². The predicted molar refractivity (Wildman–Crippen MR) is 152 cm³/mol. The van der Waals surface area contributed by atoms with Crippen LogP contribution in [0.4, 0.5) is 0 Å². The highest BCUT2D eigenvalue weighted by Crippen LogP contribution is 2.59. The van der Waals surface area contributed by atoms with Crippen molar-refractivity contribution >= 4 is 23.6 Å². The summed E-state index contributed by atoms with van der Waals surface area (Å²) < 4.78 is 17.3. The van der Waals surface area contributed by atoms with Crippen molar-refractivity contribution in [3.63, 3.8) is 0 Å². The van der Waals surface area contributed by atoms with E-state index in [1.807, 2.05) is 51.1 Å². The lowest BCUT2D eigenvalue weighted by Gasteiger charge is -2.49.